The van der Waals surface area contributed by atoms with Crippen molar-refractivity contribution in [1.82, 2.24) is 10.2 Å². The Kier molecular flexibility index (Phi) is 4.07. The molecule has 0 spiro atoms. The molecule has 3 heteroatoms. The van der Waals surface area contributed by atoms with Crippen LogP contribution < -0.4 is 5.32 Å². The van der Waals surface area contributed by atoms with E-state index in [2.05, 4.69) is 36.4 Å². The molecule has 2 aliphatic carbocycles. The van der Waals surface area contributed by atoms with Gasteiger partial charge >= 0.3 is 0 Å². The predicted octanol–water partition coefficient (Wildman–Crippen LogP) is 3.66. The van der Waals surface area contributed by atoms with E-state index in [-0.39, 0.29) is 0 Å². The molecule has 110 valence electrons. The van der Waals surface area contributed by atoms with Gasteiger partial charge in [-0.25, -0.2) is 0 Å². The fraction of sp³-hybridized carbons (Fsp3) is 0.647. The maximum Gasteiger partial charge on any atom is 0.0406 e. The van der Waals surface area contributed by atoms with Gasteiger partial charge in [0.1, 0.15) is 0 Å². The van der Waals surface area contributed by atoms with Gasteiger partial charge in [-0.15, -0.1) is 0 Å². The zero-order valence-corrected chi connectivity index (χ0v) is 13.3. The molecule has 1 N–H and O–H groups in total. The maximum absolute atomic E-state index is 5.94. The van der Waals surface area contributed by atoms with Crippen LogP contribution in [0.25, 0.3) is 0 Å². The molecule has 0 aliphatic heterocycles. The van der Waals surface area contributed by atoms with E-state index in [1.807, 2.05) is 12.1 Å². The number of hydrogen-bond donors (Lipinski definition) is 1. The van der Waals surface area contributed by atoms with E-state index in [1.165, 1.54) is 37.7 Å². The highest BCUT2D eigenvalue weighted by Gasteiger charge is 2.40. The zero-order valence-electron chi connectivity index (χ0n) is 12.5. The van der Waals surface area contributed by atoms with Gasteiger partial charge in [-0.2, -0.15) is 0 Å². The molecule has 0 saturated heterocycles. The van der Waals surface area contributed by atoms with Crippen LogP contribution in [0.3, 0.4) is 0 Å². The first kappa shape index (κ1) is 14.4. The molecule has 2 fully saturated rings. The SMILES string of the molecule is CN(C)C1(CNC2CC(c3ccc(Cl)cc3)C2)CCC1. The average molecular weight is 293 g/mol. The summed E-state index contributed by atoms with van der Waals surface area (Å²) in [4.78, 5) is 2.42. The van der Waals surface area contributed by atoms with Crippen LogP contribution in [0, 0.1) is 0 Å². The third-order valence-electron chi connectivity index (χ3n) is 5.43. The molecule has 1 aromatic rings. The first-order chi connectivity index (χ1) is 9.59. The number of hydrogen-bond acceptors (Lipinski definition) is 2. The van der Waals surface area contributed by atoms with Crippen LogP contribution in [-0.4, -0.2) is 37.1 Å². The topological polar surface area (TPSA) is 15.3 Å². The van der Waals surface area contributed by atoms with Crippen LogP contribution in [0.2, 0.25) is 5.02 Å². The van der Waals surface area contributed by atoms with E-state index in [0.717, 1.165) is 17.5 Å². The summed E-state index contributed by atoms with van der Waals surface area (Å²) in [6, 6.07) is 9.07. The van der Waals surface area contributed by atoms with Gasteiger partial charge in [0.15, 0.2) is 0 Å². The summed E-state index contributed by atoms with van der Waals surface area (Å²) < 4.78 is 0. The summed E-state index contributed by atoms with van der Waals surface area (Å²) >= 11 is 5.94. The summed E-state index contributed by atoms with van der Waals surface area (Å²) in [5.41, 5.74) is 1.88. The molecule has 0 heterocycles. The predicted molar refractivity (Wildman–Crippen MR) is 85.5 cm³/mol. The Balaban J connectivity index is 1.45. The minimum atomic E-state index is 0.436. The molecule has 2 saturated carbocycles. The first-order valence-electron chi connectivity index (χ1n) is 7.75. The number of nitrogens with one attached hydrogen (secondary N) is 1. The lowest BCUT2D eigenvalue weighted by Crippen LogP contribution is -2.58. The molecule has 3 rings (SSSR count). The summed E-state index contributed by atoms with van der Waals surface area (Å²) in [7, 11) is 4.44. The molecule has 0 unspecified atom stereocenters. The Morgan fingerprint density at radius 1 is 1.20 bits per heavy atom. The normalized spacial score (nSPS) is 28.0. The van der Waals surface area contributed by atoms with Gasteiger partial charge in [0.05, 0.1) is 0 Å². The second kappa shape index (κ2) is 5.67. The van der Waals surface area contributed by atoms with Crippen molar-refractivity contribution >= 4 is 11.6 Å². The van der Waals surface area contributed by atoms with Crippen molar-refractivity contribution in [1.29, 1.82) is 0 Å². The van der Waals surface area contributed by atoms with Crippen molar-refractivity contribution in [3.8, 4) is 0 Å². The highest BCUT2D eigenvalue weighted by molar-refractivity contribution is 6.30. The minimum Gasteiger partial charge on any atom is -0.312 e. The Labute approximate surface area is 127 Å². The number of likely N-dealkylation sites (N-methyl/N-ethyl adjacent to an activating group) is 1. The molecule has 0 aromatic heterocycles. The van der Waals surface area contributed by atoms with E-state index >= 15 is 0 Å². The van der Waals surface area contributed by atoms with Gasteiger partial charge in [-0.1, -0.05) is 23.7 Å². The van der Waals surface area contributed by atoms with Gasteiger partial charge in [-0.3, -0.25) is 0 Å². The molecule has 0 atom stereocenters. The fourth-order valence-corrected chi connectivity index (χ4v) is 3.62. The number of nitrogens with zero attached hydrogens (tertiary/aromatic N) is 1. The second-order valence-corrected chi connectivity index (χ2v) is 7.21. The molecule has 0 bridgehead atoms. The summed E-state index contributed by atoms with van der Waals surface area (Å²) in [5, 5.41) is 4.62. The van der Waals surface area contributed by atoms with Crippen molar-refractivity contribution in [2.24, 2.45) is 0 Å². The molecule has 1 aromatic carbocycles. The quantitative estimate of drug-likeness (QED) is 0.891. The van der Waals surface area contributed by atoms with E-state index in [4.69, 9.17) is 11.6 Å². The third-order valence-corrected chi connectivity index (χ3v) is 5.68. The second-order valence-electron chi connectivity index (χ2n) is 6.77. The van der Waals surface area contributed by atoms with Gasteiger partial charge in [0.2, 0.25) is 0 Å². The number of benzene rings is 1. The summed E-state index contributed by atoms with van der Waals surface area (Å²) in [6.07, 6.45) is 6.62. The van der Waals surface area contributed by atoms with Crippen LogP contribution in [0.4, 0.5) is 0 Å². The summed E-state index contributed by atoms with van der Waals surface area (Å²) in [6.45, 7) is 1.15. The maximum atomic E-state index is 5.94. The van der Waals surface area contributed by atoms with Crippen LogP contribution in [0.5, 0.6) is 0 Å². The smallest absolute Gasteiger partial charge is 0.0406 e. The number of rotatable bonds is 5. The van der Waals surface area contributed by atoms with Crippen LogP contribution in [-0.2, 0) is 0 Å². The molecular weight excluding hydrogens is 268 g/mol. The minimum absolute atomic E-state index is 0.436. The monoisotopic (exact) mass is 292 g/mol. The lowest BCUT2D eigenvalue weighted by molar-refractivity contribution is 0.0524. The lowest BCUT2D eigenvalue weighted by atomic mass is 9.73. The number of halogens is 1. The van der Waals surface area contributed by atoms with E-state index < -0.39 is 0 Å². The Bertz CT molecular complexity index is 445. The van der Waals surface area contributed by atoms with E-state index in [9.17, 15) is 0 Å². The Morgan fingerprint density at radius 2 is 1.85 bits per heavy atom. The van der Waals surface area contributed by atoms with Crippen LogP contribution in [0.15, 0.2) is 24.3 Å². The van der Waals surface area contributed by atoms with Gasteiger partial charge in [0.25, 0.3) is 0 Å². The Morgan fingerprint density at radius 3 is 2.35 bits per heavy atom. The van der Waals surface area contributed by atoms with Crippen LogP contribution >= 0.6 is 11.6 Å². The molecule has 2 nitrogen and oxygen atoms in total. The average Bonchev–Trinajstić information content (AvgIpc) is 2.31. The fourth-order valence-electron chi connectivity index (χ4n) is 3.49. The summed E-state index contributed by atoms with van der Waals surface area (Å²) in [5.74, 6) is 0.724. The van der Waals surface area contributed by atoms with E-state index in [1.54, 1.807) is 0 Å². The Hall–Kier alpha value is -0.570. The standard InChI is InChI=1S/C17H25ClN2/c1-20(2)17(8-3-9-17)12-19-16-10-14(11-16)13-4-6-15(18)7-5-13/h4-7,14,16,19H,3,8-12H2,1-2H3. The van der Waals surface area contributed by atoms with Crippen molar-refractivity contribution in [3.05, 3.63) is 34.9 Å². The van der Waals surface area contributed by atoms with Crippen molar-refractivity contribution in [2.75, 3.05) is 20.6 Å². The van der Waals surface area contributed by atoms with E-state index in [0.29, 0.717) is 11.6 Å². The van der Waals surface area contributed by atoms with Crippen molar-refractivity contribution in [2.45, 2.75) is 49.6 Å². The largest absolute Gasteiger partial charge is 0.312 e. The molecular formula is C17H25ClN2. The first-order valence-corrected chi connectivity index (χ1v) is 8.13. The third kappa shape index (κ3) is 2.74. The lowest BCUT2D eigenvalue weighted by Gasteiger charge is -2.49. The van der Waals surface area contributed by atoms with Crippen LogP contribution in [0.1, 0.15) is 43.6 Å². The molecule has 20 heavy (non-hydrogen) atoms. The van der Waals surface area contributed by atoms with Gasteiger partial charge < -0.3 is 10.2 Å². The van der Waals surface area contributed by atoms with Gasteiger partial charge in [0, 0.05) is 23.1 Å². The molecule has 2 aliphatic rings. The van der Waals surface area contributed by atoms with Gasteiger partial charge in [-0.05, 0) is 69.8 Å². The zero-order chi connectivity index (χ0) is 14.2. The van der Waals surface area contributed by atoms with Crippen molar-refractivity contribution < 1.29 is 0 Å². The highest BCUT2D eigenvalue weighted by Crippen LogP contribution is 2.39. The highest BCUT2D eigenvalue weighted by atomic mass is 35.5. The molecule has 0 amide bonds. The van der Waals surface area contributed by atoms with Crippen molar-refractivity contribution in [3.63, 3.8) is 0 Å². The molecule has 0 radical (unpaired) electrons.